The molecule has 110 valence electrons. The molecule has 0 fully saturated rings. The summed E-state index contributed by atoms with van der Waals surface area (Å²) < 4.78 is 5.34. The Bertz CT molecular complexity index is 451. The summed E-state index contributed by atoms with van der Waals surface area (Å²) in [4.78, 5) is 11.3. The summed E-state index contributed by atoms with van der Waals surface area (Å²) in [5.41, 5.74) is 1.94. The van der Waals surface area contributed by atoms with Crippen molar-refractivity contribution in [2.24, 2.45) is 0 Å². The van der Waals surface area contributed by atoms with E-state index in [1.807, 2.05) is 30.0 Å². The molecular formula is C15H22N2O2S. The highest BCUT2D eigenvalue weighted by Gasteiger charge is 2.15. The third kappa shape index (κ3) is 4.72. The highest BCUT2D eigenvalue weighted by atomic mass is 32.2. The van der Waals surface area contributed by atoms with Crippen LogP contribution in [-0.2, 0) is 11.3 Å². The highest BCUT2D eigenvalue weighted by Crippen LogP contribution is 2.28. The van der Waals surface area contributed by atoms with E-state index in [-0.39, 0.29) is 12.5 Å². The number of anilines is 1. The molecule has 1 aromatic carbocycles. The Kier molecular flexibility index (Phi) is 6.21. The summed E-state index contributed by atoms with van der Waals surface area (Å²) in [7, 11) is 0. The zero-order chi connectivity index (χ0) is 14.2. The number of rotatable bonds is 8. The Morgan fingerprint density at radius 1 is 1.35 bits per heavy atom. The second-order valence-electron chi connectivity index (χ2n) is 4.90. The number of ether oxygens (including phenoxy) is 1. The Balaban J connectivity index is 1.71. The van der Waals surface area contributed by atoms with Crippen LogP contribution in [-0.4, -0.2) is 31.1 Å². The maximum atomic E-state index is 11.3. The van der Waals surface area contributed by atoms with Gasteiger partial charge in [-0.25, -0.2) is 0 Å². The van der Waals surface area contributed by atoms with Gasteiger partial charge in [0.2, 0.25) is 0 Å². The molecule has 0 bridgehead atoms. The molecule has 0 atom stereocenters. The van der Waals surface area contributed by atoms with Crippen LogP contribution in [0.3, 0.4) is 0 Å². The molecule has 1 amide bonds. The molecule has 0 saturated heterocycles. The second kappa shape index (κ2) is 8.17. The molecule has 0 unspecified atom stereocenters. The van der Waals surface area contributed by atoms with Crippen molar-refractivity contribution in [3.05, 3.63) is 23.8 Å². The molecule has 5 heteroatoms. The lowest BCUT2D eigenvalue weighted by Gasteiger charge is -2.18. The fraction of sp³-hybridized carbons (Fsp3) is 0.533. The monoisotopic (exact) mass is 294 g/mol. The smallest absolute Gasteiger partial charge is 0.262 e. The van der Waals surface area contributed by atoms with Gasteiger partial charge in [-0.1, -0.05) is 12.5 Å². The van der Waals surface area contributed by atoms with Gasteiger partial charge in [0, 0.05) is 6.54 Å². The molecule has 1 heterocycles. The Labute approximate surface area is 124 Å². The Hall–Kier alpha value is -1.20. The fourth-order valence-corrected chi connectivity index (χ4v) is 2.64. The van der Waals surface area contributed by atoms with E-state index >= 15 is 0 Å². The number of fused-ring (bicyclic) bond motifs is 1. The van der Waals surface area contributed by atoms with Crippen LogP contribution in [0.2, 0.25) is 0 Å². The normalized spacial score (nSPS) is 13.6. The van der Waals surface area contributed by atoms with Crippen molar-refractivity contribution < 1.29 is 9.53 Å². The summed E-state index contributed by atoms with van der Waals surface area (Å²) in [6.45, 7) is 1.97. The molecule has 0 radical (unpaired) electrons. The van der Waals surface area contributed by atoms with Gasteiger partial charge in [-0.3, -0.25) is 4.79 Å². The number of carbonyl (C=O) groups excluding carboxylic acids is 1. The minimum Gasteiger partial charge on any atom is -0.482 e. The zero-order valence-corrected chi connectivity index (χ0v) is 12.7. The maximum absolute atomic E-state index is 11.3. The summed E-state index contributed by atoms with van der Waals surface area (Å²) in [6.07, 6.45) is 5.94. The van der Waals surface area contributed by atoms with Crippen LogP contribution in [0.5, 0.6) is 5.75 Å². The first-order valence-corrected chi connectivity index (χ1v) is 8.44. The summed E-state index contributed by atoms with van der Waals surface area (Å²) in [5, 5.41) is 6.27. The maximum Gasteiger partial charge on any atom is 0.262 e. The predicted octanol–water partition coefficient (Wildman–Crippen LogP) is 2.64. The van der Waals surface area contributed by atoms with Crippen molar-refractivity contribution in [3.63, 3.8) is 0 Å². The van der Waals surface area contributed by atoms with Crippen LogP contribution in [0.4, 0.5) is 5.69 Å². The van der Waals surface area contributed by atoms with Gasteiger partial charge in [0.05, 0.1) is 5.69 Å². The molecule has 1 aliphatic rings. The molecule has 20 heavy (non-hydrogen) atoms. The van der Waals surface area contributed by atoms with Crippen molar-refractivity contribution in [3.8, 4) is 5.75 Å². The molecule has 0 aromatic heterocycles. The molecular weight excluding hydrogens is 272 g/mol. The van der Waals surface area contributed by atoms with Crippen molar-refractivity contribution in [1.29, 1.82) is 0 Å². The molecule has 2 N–H and O–H groups in total. The van der Waals surface area contributed by atoms with E-state index in [0.29, 0.717) is 0 Å². The molecule has 4 nitrogen and oxygen atoms in total. The minimum absolute atomic E-state index is 0.0867. The molecule has 1 aromatic rings. The van der Waals surface area contributed by atoms with E-state index in [1.165, 1.54) is 30.6 Å². The Morgan fingerprint density at radius 2 is 2.25 bits per heavy atom. The average Bonchev–Trinajstić information content (AvgIpc) is 2.46. The van der Waals surface area contributed by atoms with Crippen LogP contribution < -0.4 is 15.4 Å². The summed E-state index contributed by atoms with van der Waals surface area (Å²) >= 11 is 1.91. The van der Waals surface area contributed by atoms with Crippen molar-refractivity contribution in [2.75, 3.05) is 30.5 Å². The van der Waals surface area contributed by atoms with Gasteiger partial charge in [0.15, 0.2) is 6.61 Å². The SMILES string of the molecule is CSCCCCCNCc1ccc2c(c1)NC(=O)CO2. The van der Waals surface area contributed by atoms with Crippen LogP contribution in [0.1, 0.15) is 24.8 Å². The van der Waals surface area contributed by atoms with Gasteiger partial charge in [0.25, 0.3) is 5.91 Å². The minimum atomic E-state index is -0.0867. The van der Waals surface area contributed by atoms with E-state index in [2.05, 4.69) is 16.9 Å². The summed E-state index contributed by atoms with van der Waals surface area (Å²) in [5.74, 6) is 1.92. The third-order valence-electron chi connectivity index (χ3n) is 3.21. The van der Waals surface area contributed by atoms with Gasteiger partial charge in [-0.05, 0) is 49.1 Å². The number of hydrogen-bond donors (Lipinski definition) is 2. The van der Waals surface area contributed by atoms with E-state index in [1.54, 1.807) is 0 Å². The largest absolute Gasteiger partial charge is 0.482 e. The standard InChI is InChI=1S/C15H22N2O2S/c1-20-8-4-2-3-7-16-10-12-5-6-14-13(9-12)17-15(18)11-19-14/h5-6,9,16H,2-4,7-8,10-11H2,1H3,(H,17,18). The number of unbranched alkanes of at least 4 members (excludes halogenated alkanes) is 2. The van der Waals surface area contributed by atoms with Gasteiger partial charge in [0.1, 0.15) is 5.75 Å². The van der Waals surface area contributed by atoms with Crippen molar-refractivity contribution >= 4 is 23.4 Å². The quantitative estimate of drug-likeness (QED) is 0.724. The highest BCUT2D eigenvalue weighted by molar-refractivity contribution is 7.98. The number of hydrogen-bond acceptors (Lipinski definition) is 4. The number of nitrogens with one attached hydrogen (secondary N) is 2. The molecule has 1 aliphatic heterocycles. The predicted molar refractivity (Wildman–Crippen MR) is 84.5 cm³/mol. The molecule has 0 saturated carbocycles. The van der Waals surface area contributed by atoms with Gasteiger partial charge >= 0.3 is 0 Å². The van der Waals surface area contributed by atoms with E-state index in [4.69, 9.17) is 4.74 Å². The van der Waals surface area contributed by atoms with E-state index in [9.17, 15) is 4.79 Å². The fourth-order valence-electron chi connectivity index (χ4n) is 2.15. The average molecular weight is 294 g/mol. The van der Waals surface area contributed by atoms with Crippen molar-refractivity contribution in [1.82, 2.24) is 5.32 Å². The third-order valence-corrected chi connectivity index (χ3v) is 3.90. The lowest BCUT2D eigenvalue weighted by molar-refractivity contribution is -0.118. The first-order chi connectivity index (χ1) is 9.79. The van der Waals surface area contributed by atoms with Crippen LogP contribution in [0, 0.1) is 0 Å². The lowest BCUT2D eigenvalue weighted by atomic mass is 10.1. The number of benzene rings is 1. The lowest BCUT2D eigenvalue weighted by Crippen LogP contribution is -2.25. The number of amides is 1. The van der Waals surface area contributed by atoms with Crippen LogP contribution in [0.25, 0.3) is 0 Å². The van der Waals surface area contributed by atoms with Crippen LogP contribution in [0.15, 0.2) is 18.2 Å². The molecule has 2 rings (SSSR count). The van der Waals surface area contributed by atoms with E-state index < -0.39 is 0 Å². The first-order valence-electron chi connectivity index (χ1n) is 7.05. The van der Waals surface area contributed by atoms with Gasteiger partial charge < -0.3 is 15.4 Å². The molecule has 0 spiro atoms. The second-order valence-corrected chi connectivity index (χ2v) is 5.88. The first kappa shape index (κ1) is 15.2. The van der Waals surface area contributed by atoms with Crippen molar-refractivity contribution in [2.45, 2.75) is 25.8 Å². The van der Waals surface area contributed by atoms with Crippen LogP contribution >= 0.6 is 11.8 Å². The topological polar surface area (TPSA) is 50.4 Å². The van der Waals surface area contributed by atoms with Gasteiger partial charge in [-0.15, -0.1) is 0 Å². The number of carbonyl (C=O) groups is 1. The van der Waals surface area contributed by atoms with Gasteiger partial charge in [-0.2, -0.15) is 11.8 Å². The molecule has 0 aliphatic carbocycles. The summed E-state index contributed by atoms with van der Waals surface area (Å²) in [6, 6.07) is 5.94. The number of thioether (sulfide) groups is 1. The van der Waals surface area contributed by atoms with E-state index in [0.717, 1.165) is 24.5 Å². The zero-order valence-electron chi connectivity index (χ0n) is 11.9. The Morgan fingerprint density at radius 3 is 3.10 bits per heavy atom.